The minimum Gasteiger partial charge on any atom is -0.395 e. The first kappa shape index (κ1) is 34.3. The number of nitrogens with one attached hydrogen (secondary N) is 2. The Morgan fingerprint density at radius 1 is 1.14 bits per heavy atom. The third-order valence-corrected chi connectivity index (χ3v) is 12.4. The average molecular weight is 683 g/mol. The molecule has 0 unspecified atom stereocenters. The monoisotopic (exact) mass is 682 g/mol. The number of amides is 3. The molecule has 6 rings (SSSR count). The predicted octanol–water partition coefficient (Wildman–Crippen LogP) is 6.07. The standard InChI is InChI=1S/C38H43FN4O5Si/c1-5-17-43-32-16-15-28(41-34(45)20-27-23-40-31-14-10-9-13-29(27)31)21-30(32)38(37(43)47)25(2)36(49(3,4)39)33(48-38)22-35(46)42(18-19-44)24-26-11-7-6-8-12-26/h5-16,21,23,25,33,36,40,44H,1,17-20,22,24H2,2-4H3,(H,41,45)/t25-,33+,36-,38+/m1/s1. The molecule has 3 N–H and O–H groups in total. The minimum absolute atomic E-state index is 0.110. The highest BCUT2D eigenvalue weighted by atomic mass is 28.4. The van der Waals surface area contributed by atoms with Crippen molar-refractivity contribution in [1.29, 1.82) is 0 Å². The lowest BCUT2D eigenvalue weighted by atomic mass is 9.82. The van der Waals surface area contributed by atoms with Gasteiger partial charge in [0.1, 0.15) is 0 Å². The van der Waals surface area contributed by atoms with Gasteiger partial charge in [-0.25, -0.2) is 0 Å². The second-order valence-electron chi connectivity index (χ2n) is 13.5. The van der Waals surface area contributed by atoms with E-state index >= 15 is 4.11 Å². The van der Waals surface area contributed by atoms with E-state index in [2.05, 4.69) is 16.9 Å². The first-order valence-electron chi connectivity index (χ1n) is 16.7. The van der Waals surface area contributed by atoms with Gasteiger partial charge in [0, 0.05) is 59.4 Å². The van der Waals surface area contributed by atoms with Crippen LogP contribution in [0.2, 0.25) is 18.6 Å². The van der Waals surface area contributed by atoms with E-state index in [-0.39, 0.29) is 56.8 Å². The van der Waals surface area contributed by atoms with Gasteiger partial charge in [0.25, 0.3) is 5.91 Å². The zero-order chi connectivity index (χ0) is 34.9. The third kappa shape index (κ3) is 6.45. The third-order valence-electron chi connectivity index (χ3n) is 9.90. The molecule has 0 bridgehead atoms. The van der Waals surface area contributed by atoms with Gasteiger partial charge in [-0.1, -0.05) is 61.5 Å². The summed E-state index contributed by atoms with van der Waals surface area (Å²) in [5, 5.41) is 13.7. The maximum atomic E-state index is 16.4. The number of nitrogens with zero attached hydrogens (tertiary/aromatic N) is 2. The summed E-state index contributed by atoms with van der Waals surface area (Å²) in [6, 6.07) is 22.5. The number of aliphatic hydroxyl groups is 1. The highest BCUT2D eigenvalue weighted by molar-refractivity contribution is 6.72. The average Bonchev–Trinajstić information content (AvgIpc) is 3.68. The maximum absolute atomic E-state index is 16.4. The van der Waals surface area contributed by atoms with Crippen molar-refractivity contribution >= 4 is 48.4 Å². The Morgan fingerprint density at radius 3 is 2.59 bits per heavy atom. The summed E-state index contributed by atoms with van der Waals surface area (Å²) in [7, 11) is -3.54. The van der Waals surface area contributed by atoms with Crippen LogP contribution >= 0.6 is 0 Å². The molecule has 0 radical (unpaired) electrons. The van der Waals surface area contributed by atoms with Crippen molar-refractivity contribution in [1.82, 2.24) is 9.88 Å². The molecule has 1 fully saturated rings. The molecule has 3 heterocycles. The van der Waals surface area contributed by atoms with E-state index in [4.69, 9.17) is 4.74 Å². The Labute approximate surface area is 286 Å². The van der Waals surface area contributed by atoms with Crippen LogP contribution in [0, 0.1) is 5.92 Å². The van der Waals surface area contributed by atoms with Gasteiger partial charge in [0.15, 0.2) is 5.60 Å². The highest BCUT2D eigenvalue weighted by Crippen LogP contribution is 2.60. The molecule has 1 spiro atoms. The summed E-state index contributed by atoms with van der Waals surface area (Å²) in [5.41, 5.74) is 2.06. The van der Waals surface area contributed by atoms with E-state index in [0.29, 0.717) is 16.9 Å². The number of hydrogen-bond acceptors (Lipinski definition) is 5. The van der Waals surface area contributed by atoms with Crippen molar-refractivity contribution in [2.45, 2.75) is 56.7 Å². The Morgan fingerprint density at radius 2 is 1.88 bits per heavy atom. The molecule has 0 saturated carbocycles. The van der Waals surface area contributed by atoms with E-state index in [0.717, 1.165) is 22.0 Å². The van der Waals surface area contributed by atoms with Crippen molar-refractivity contribution in [2.75, 3.05) is 29.9 Å². The second-order valence-corrected chi connectivity index (χ2v) is 17.3. The number of para-hydroxylation sites is 1. The van der Waals surface area contributed by atoms with Gasteiger partial charge < -0.3 is 34.1 Å². The molecule has 49 heavy (non-hydrogen) atoms. The van der Waals surface area contributed by atoms with Gasteiger partial charge in [-0.3, -0.25) is 14.4 Å². The SMILES string of the molecule is C=CCN1C(=O)[C@@]2(O[C@@H](CC(=O)N(CCO)Cc3ccccc3)[C@H]([Si](C)(C)F)[C@H]2C)c2cc(NC(=O)Cc3c[nH]c4ccccc34)ccc21. The molecular weight excluding hydrogens is 640 g/mol. The van der Waals surface area contributed by atoms with Crippen molar-refractivity contribution in [3.05, 3.63) is 108 Å². The first-order chi connectivity index (χ1) is 23.5. The second kappa shape index (κ2) is 13.7. The van der Waals surface area contributed by atoms with Gasteiger partial charge in [-0.05, 0) is 48.5 Å². The number of aromatic amines is 1. The predicted molar refractivity (Wildman–Crippen MR) is 191 cm³/mol. The normalized spacial score (nSPS) is 21.7. The van der Waals surface area contributed by atoms with E-state index in [1.165, 1.54) is 0 Å². The number of H-pyrrole nitrogens is 1. The maximum Gasteiger partial charge on any atom is 0.264 e. The lowest BCUT2D eigenvalue weighted by Gasteiger charge is -2.31. The quantitative estimate of drug-likeness (QED) is 0.0954. The van der Waals surface area contributed by atoms with Gasteiger partial charge in [-0.15, -0.1) is 6.58 Å². The summed E-state index contributed by atoms with van der Waals surface area (Å²) in [5.74, 6) is -1.47. The molecule has 3 amide bonds. The molecule has 1 aromatic heterocycles. The Balaban J connectivity index is 1.32. The molecule has 9 nitrogen and oxygen atoms in total. The number of carbonyl (C=O) groups excluding carboxylic acids is 3. The number of rotatable bonds is 12. The zero-order valence-corrected chi connectivity index (χ0v) is 29.1. The number of halogens is 1. The fourth-order valence-electron chi connectivity index (χ4n) is 7.81. The smallest absolute Gasteiger partial charge is 0.264 e. The molecule has 0 aliphatic carbocycles. The minimum atomic E-state index is -3.54. The van der Waals surface area contributed by atoms with Gasteiger partial charge >= 0.3 is 0 Å². The first-order valence-corrected chi connectivity index (χ1v) is 19.6. The fourth-order valence-corrected chi connectivity index (χ4v) is 10.3. The van der Waals surface area contributed by atoms with Crippen LogP contribution in [-0.4, -0.2) is 66.9 Å². The molecule has 2 aliphatic rings. The van der Waals surface area contributed by atoms with E-state index in [9.17, 15) is 19.5 Å². The number of fused-ring (bicyclic) bond motifs is 3. The van der Waals surface area contributed by atoms with Crippen LogP contribution in [0.25, 0.3) is 10.9 Å². The van der Waals surface area contributed by atoms with E-state index in [1.807, 2.05) is 67.7 Å². The van der Waals surface area contributed by atoms with Crippen molar-refractivity contribution in [2.24, 2.45) is 5.92 Å². The number of aliphatic hydroxyl groups excluding tert-OH is 1. The largest absolute Gasteiger partial charge is 0.395 e. The van der Waals surface area contributed by atoms with Crippen LogP contribution in [0.5, 0.6) is 0 Å². The molecule has 3 aromatic carbocycles. The van der Waals surface area contributed by atoms with Crippen LogP contribution in [0.3, 0.4) is 0 Å². The van der Waals surface area contributed by atoms with Gasteiger partial charge in [0.05, 0.1) is 31.2 Å². The number of benzene rings is 3. The van der Waals surface area contributed by atoms with Crippen molar-refractivity contribution < 1.29 is 28.3 Å². The lowest BCUT2D eigenvalue weighted by Crippen LogP contribution is -2.45. The van der Waals surface area contributed by atoms with Crippen LogP contribution in [0.15, 0.2) is 91.6 Å². The number of carbonyl (C=O) groups is 3. The van der Waals surface area contributed by atoms with Crippen molar-refractivity contribution in [3.63, 3.8) is 0 Å². The summed E-state index contributed by atoms with van der Waals surface area (Å²) in [6.07, 6.45) is 2.57. The molecule has 11 heteroatoms. The Bertz CT molecular complexity index is 1870. The summed E-state index contributed by atoms with van der Waals surface area (Å²) in [6.45, 7) is 9.23. The lowest BCUT2D eigenvalue weighted by molar-refractivity contribution is -0.149. The molecule has 2 aliphatic heterocycles. The number of anilines is 2. The van der Waals surface area contributed by atoms with Crippen molar-refractivity contribution in [3.8, 4) is 0 Å². The number of ether oxygens (including phenoxy) is 1. The Hall–Kier alpha value is -4.58. The van der Waals surface area contributed by atoms with Crippen LogP contribution in [0.4, 0.5) is 15.5 Å². The summed E-state index contributed by atoms with van der Waals surface area (Å²) < 4.78 is 23.1. The van der Waals surface area contributed by atoms with Gasteiger partial charge in [-0.2, -0.15) is 0 Å². The Kier molecular flexibility index (Phi) is 9.61. The van der Waals surface area contributed by atoms with E-state index < -0.39 is 31.6 Å². The highest BCUT2D eigenvalue weighted by Gasteiger charge is 2.67. The molecular formula is C38H43FN4O5Si. The molecule has 4 atom stereocenters. The molecule has 1 saturated heterocycles. The van der Waals surface area contributed by atoms with Crippen LogP contribution < -0.4 is 10.2 Å². The summed E-state index contributed by atoms with van der Waals surface area (Å²) in [4.78, 5) is 47.9. The van der Waals surface area contributed by atoms with Gasteiger partial charge in [0.2, 0.25) is 20.2 Å². The number of hydrogen-bond donors (Lipinski definition) is 3. The van der Waals surface area contributed by atoms with E-state index in [1.54, 1.807) is 47.2 Å². The van der Waals surface area contributed by atoms with Crippen LogP contribution in [0.1, 0.15) is 30.0 Å². The summed E-state index contributed by atoms with van der Waals surface area (Å²) >= 11 is 0. The molecule has 256 valence electrons. The van der Waals surface area contributed by atoms with Crippen LogP contribution in [-0.2, 0) is 37.7 Å². The fraction of sp³-hybridized carbons (Fsp3) is 0.342. The molecule has 4 aromatic rings. The number of aromatic nitrogens is 1. The zero-order valence-electron chi connectivity index (χ0n) is 28.1. The topological polar surface area (TPSA) is 115 Å².